The van der Waals surface area contributed by atoms with Crippen molar-refractivity contribution < 1.29 is 9.90 Å². The molecule has 0 amide bonds. The Balaban J connectivity index is 3.34. The molecule has 1 aromatic carbocycles. The maximum Gasteiger partial charge on any atom is 0.320 e. The predicted molar refractivity (Wildman–Crippen MR) is 55.2 cm³/mol. The third-order valence-electron chi connectivity index (χ3n) is 2.33. The van der Waals surface area contributed by atoms with Crippen molar-refractivity contribution in [2.45, 2.75) is 18.9 Å². The number of nitrogens with zero attached hydrogens (tertiary/aromatic N) is 3. The largest absolute Gasteiger partial charge is 0.480 e. The lowest BCUT2D eigenvalue weighted by molar-refractivity contribution is -0.143. The van der Waals surface area contributed by atoms with Crippen molar-refractivity contribution in [1.82, 2.24) is 0 Å². The van der Waals surface area contributed by atoms with Gasteiger partial charge < -0.3 is 5.11 Å². The third kappa shape index (κ3) is 1.92. The van der Waals surface area contributed by atoms with Crippen molar-refractivity contribution >= 4 is 5.97 Å². The average Bonchev–Trinajstić information content (AvgIpc) is 2.26. The Morgan fingerprint density at radius 1 is 1.53 bits per heavy atom. The van der Waals surface area contributed by atoms with Crippen molar-refractivity contribution in [3.8, 4) is 0 Å². The molecule has 0 saturated heterocycles. The molecule has 0 aliphatic heterocycles. The minimum Gasteiger partial charge on any atom is -0.480 e. The summed E-state index contributed by atoms with van der Waals surface area (Å²) in [6, 6.07) is 8.51. The molecule has 0 saturated carbocycles. The van der Waals surface area contributed by atoms with E-state index in [4.69, 9.17) is 10.6 Å². The lowest BCUT2D eigenvalue weighted by atomic mass is 9.88. The number of hydrogen-bond donors (Lipinski definition) is 1. The summed E-state index contributed by atoms with van der Waals surface area (Å²) in [4.78, 5) is 13.8. The molecule has 1 aromatic rings. The van der Waals surface area contributed by atoms with E-state index in [-0.39, 0.29) is 6.42 Å². The summed E-state index contributed by atoms with van der Waals surface area (Å²) in [5.74, 6) is -1.13. The molecule has 15 heavy (non-hydrogen) atoms. The smallest absolute Gasteiger partial charge is 0.320 e. The Hall–Kier alpha value is -2.00. The number of azide groups is 1. The molecular weight excluding hydrogens is 194 g/mol. The highest BCUT2D eigenvalue weighted by Gasteiger charge is 2.37. The molecule has 78 valence electrons. The molecule has 5 nitrogen and oxygen atoms in total. The summed E-state index contributed by atoms with van der Waals surface area (Å²) in [5.41, 5.74) is 7.45. The summed E-state index contributed by atoms with van der Waals surface area (Å²) < 4.78 is 0. The van der Waals surface area contributed by atoms with Crippen LogP contribution in [0.2, 0.25) is 0 Å². The number of rotatable bonds is 4. The Morgan fingerprint density at radius 3 is 2.53 bits per heavy atom. The number of carbonyl (C=O) groups is 1. The second-order valence-corrected chi connectivity index (χ2v) is 3.07. The van der Waals surface area contributed by atoms with Gasteiger partial charge >= 0.3 is 5.97 Å². The zero-order valence-electron chi connectivity index (χ0n) is 8.29. The van der Waals surface area contributed by atoms with Gasteiger partial charge in [0.15, 0.2) is 5.54 Å². The lowest BCUT2D eigenvalue weighted by Gasteiger charge is -2.22. The van der Waals surface area contributed by atoms with Gasteiger partial charge in [0.1, 0.15) is 0 Å². The fourth-order valence-corrected chi connectivity index (χ4v) is 1.44. The van der Waals surface area contributed by atoms with Crippen LogP contribution in [-0.2, 0) is 10.3 Å². The summed E-state index contributed by atoms with van der Waals surface area (Å²) in [5, 5.41) is 12.6. The van der Waals surface area contributed by atoms with E-state index in [1.54, 1.807) is 37.3 Å². The molecule has 0 heterocycles. The van der Waals surface area contributed by atoms with Crippen molar-refractivity contribution in [3.05, 3.63) is 46.3 Å². The first-order chi connectivity index (χ1) is 7.17. The highest BCUT2D eigenvalue weighted by atomic mass is 16.4. The number of carboxylic acid groups (broad SMARTS) is 1. The van der Waals surface area contributed by atoms with Crippen LogP contribution in [0.4, 0.5) is 0 Å². The van der Waals surface area contributed by atoms with Crippen LogP contribution in [0.25, 0.3) is 10.4 Å². The maximum absolute atomic E-state index is 11.2. The van der Waals surface area contributed by atoms with Gasteiger partial charge in [-0.1, -0.05) is 42.4 Å². The molecule has 0 aliphatic carbocycles. The predicted octanol–water partition coefficient (Wildman–Crippen LogP) is 2.69. The van der Waals surface area contributed by atoms with E-state index < -0.39 is 11.5 Å². The molecule has 0 spiro atoms. The maximum atomic E-state index is 11.2. The van der Waals surface area contributed by atoms with Crippen LogP contribution in [0.5, 0.6) is 0 Å². The highest BCUT2D eigenvalue weighted by molar-refractivity contribution is 5.80. The molecule has 0 aliphatic rings. The van der Waals surface area contributed by atoms with E-state index in [1.165, 1.54) is 0 Å². The molecule has 0 fully saturated rings. The van der Waals surface area contributed by atoms with E-state index in [2.05, 4.69) is 10.0 Å². The van der Waals surface area contributed by atoms with Crippen LogP contribution in [0.1, 0.15) is 18.9 Å². The zero-order valence-corrected chi connectivity index (χ0v) is 8.29. The Bertz CT molecular complexity index is 394. The summed E-state index contributed by atoms with van der Waals surface area (Å²) >= 11 is 0. The second kappa shape index (κ2) is 4.48. The summed E-state index contributed by atoms with van der Waals surface area (Å²) in [6.45, 7) is 1.68. The van der Waals surface area contributed by atoms with Gasteiger partial charge in [0.05, 0.1) is 0 Å². The number of hydrogen-bond acceptors (Lipinski definition) is 2. The summed E-state index contributed by atoms with van der Waals surface area (Å²) in [6.07, 6.45) is 0.219. The van der Waals surface area contributed by atoms with Crippen LogP contribution in [-0.4, -0.2) is 11.1 Å². The lowest BCUT2D eigenvalue weighted by Crippen LogP contribution is -2.32. The topological polar surface area (TPSA) is 86.1 Å². The van der Waals surface area contributed by atoms with Crippen LogP contribution < -0.4 is 0 Å². The van der Waals surface area contributed by atoms with Crippen molar-refractivity contribution in [2.24, 2.45) is 5.11 Å². The van der Waals surface area contributed by atoms with Crippen molar-refractivity contribution in [1.29, 1.82) is 0 Å². The molecule has 1 unspecified atom stereocenters. The van der Waals surface area contributed by atoms with E-state index in [0.29, 0.717) is 5.56 Å². The number of carboxylic acids is 1. The Labute approximate surface area is 87.0 Å². The van der Waals surface area contributed by atoms with Gasteiger partial charge in [-0.25, -0.2) is 0 Å². The molecule has 1 atom stereocenters. The molecule has 1 rings (SSSR count). The molecule has 0 aromatic heterocycles. The molecular formula is C10H11N3O2. The van der Waals surface area contributed by atoms with Gasteiger partial charge in [-0.15, -0.1) is 0 Å². The van der Waals surface area contributed by atoms with Gasteiger partial charge in [0.2, 0.25) is 0 Å². The van der Waals surface area contributed by atoms with Crippen LogP contribution in [0.3, 0.4) is 0 Å². The van der Waals surface area contributed by atoms with E-state index in [9.17, 15) is 4.79 Å². The monoisotopic (exact) mass is 205 g/mol. The second-order valence-electron chi connectivity index (χ2n) is 3.07. The SMILES string of the molecule is CCC(N=[N+]=[N-])(C(=O)O)c1ccccc1. The minimum absolute atomic E-state index is 0.219. The average molecular weight is 205 g/mol. The zero-order chi connectivity index (χ0) is 11.3. The Kier molecular flexibility index (Phi) is 3.31. The fourth-order valence-electron chi connectivity index (χ4n) is 1.44. The minimum atomic E-state index is -1.49. The van der Waals surface area contributed by atoms with Crippen molar-refractivity contribution in [2.75, 3.05) is 0 Å². The molecule has 0 radical (unpaired) electrons. The fraction of sp³-hybridized carbons (Fsp3) is 0.300. The Morgan fingerprint density at radius 2 is 2.13 bits per heavy atom. The highest BCUT2D eigenvalue weighted by Crippen LogP contribution is 2.30. The van der Waals surface area contributed by atoms with Gasteiger partial charge in [-0.05, 0) is 17.5 Å². The molecule has 5 heteroatoms. The van der Waals surface area contributed by atoms with Crippen LogP contribution >= 0.6 is 0 Å². The number of aliphatic carboxylic acids is 1. The van der Waals surface area contributed by atoms with Crippen molar-refractivity contribution in [3.63, 3.8) is 0 Å². The quantitative estimate of drug-likeness (QED) is 0.465. The summed E-state index contributed by atoms with van der Waals surface area (Å²) in [7, 11) is 0. The normalized spacial score (nSPS) is 13.7. The standard InChI is InChI=1S/C10H11N3O2/c1-2-10(9(14)15,12-13-11)8-6-4-3-5-7-8/h3-7H,2H2,1H3,(H,14,15). The first-order valence-electron chi connectivity index (χ1n) is 4.52. The van der Waals surface area contributed by atoms with Gasteiger partial charge in [0.25, 0.3) is 0 Å². The first kappa shape index (κ1) is 11.1. The number of benzene rings is 1. The van der Waals surface area contributed by atoms with E-state index in [0.717, 1.165) is 0 Å². The van der Waals surface area contributed by atoms with Gasteiger partial charge in [-0.3, -0.25) is 4.79 Å². The first-order valence-corrected chi connectivity index (χ1v) is 4.52. The van der Waals surface area contributed by atoms with Gasteiger partial charge in [0, 0.05) is 4.91 Å². The van der Waals surface area contributed by atoms with Crippen LogP contribution in [0.15, 0.2) is 35.4 Å². The van der Waals surface area contributed by atoms with E-state index >= 15 is 0 Å². The van der Waals surface area contributed by atoms with Crippen LogP contribution in [0, 0.1) is 0 Å². The van der Waals surface area contributed by atoms with Gasteiger partial charge in [-0.2, -0.15) is 0 Å². The van der Waals surface area contributed by atoms with E-state index in [1.807, 2.05) is 0 Å². The molecule has 1 N–H and O–H groups in total. The third-order valence-corrected chi connectivity index (χ3v) is 2.33. The molecule has 0 bridgehead atoms.